The zero-order valence-corrected chi connectivity index (χ0v) is 20.2. The molecule has 0 bridgehead atoms. The number of hydrogen-bond donors (Lipinski definition) is 1. The lowest BCUT2D eigenvalue weighted by Gasteiger charge is -2.32. The number of fused-ring (bicyclic) bond motifs is 3. The van der Waals surface area contributed by atoms with Crippen molar-refractivity contribution in [2.24, 2.45) is 4.99 Å². The van der Waals surface area contributed by atoms with Crippen LogP contribution in [0.4, 0.5) is 26.3 Å². The van der Waals surface area contributed by atoms with E-state index in [4.69, 9.17) is 0 Å². The zero-order chi connectivity index (χ0) is 27.8. The van der Waals surface area contributed by atoms with E-state index in [1.54, 1.807) is 0 Å². The van der Waals surface area contributed by atoms with E-state index in [0.717, 1.165) is 35.4 Å². The quantitative estimate of drug-likeness (QED) is 0.205. The molecule has 0 fully saturated rings. The highest BCUT2D eigenvalue weighted by Crippen LogP contribution is 2.49. The molecule has 0 amide bonds. The number of hydrogen-bond acceptors (Lipinski definition) is 2. The topological polar surface area (TPSA) is 32.6 Å². The summed E-state index contributed by atoms with van der Waals surface area (Å²) in [5.74, 6) is -1.07. The Morgan fingerprint density at radius 3 is 1.59 bits per heavy atom. The van der Waals surface area contributed by atoms with E-state index >= 15 is 0 Å². The predicted molar refractivity (Wildman–Crippen MR) is 137 cm³/mol. The molecule has 1 aliphatic rings. The van der Waals surface area contributed by atoms with Gasteiger partial charge in [0, 0.05) is 23.2 Å². The number of aliphatic hydroxyl groups is 1. The van der Waals surface area contributed by atoms with Gasteiger partial charge < -0.3 is 5.11 Å². The van der Waals surface area contributed by atoms with Crippen LogP contribution in [0.5, 0.6) is 0 Å². The number of halogens is 6. The third kappa shape index (κ3) is 5.38. The molecule has 0 aliphatic heterocycles. The van der Waals surface area contributed by atoms with Gasteiger partial charge in [-0.1, -0.05) is 78.9 Å². The normalized spacial score (nSPS) is 17.0. The van der Waals surface area contributed by atoms with Crippen LogP contribution in [0.1, 0.15) is 45.4 Å². The molecule has 198 valence electrons. The molecule has 1 N–H and O–H groups in total. The van der Waals surface area contributed by atoms with Gasteiger partial charge in [-0.05, 0) is 46.5 Å². The van der Waals surface area contributed by atoms with Gasteiger partial charge in [0.15, 0.2) is 0 Å². The van der Waals surface area contributed by atoms with E-state index in [9.17, 15) is 31.4 Å². The van der Waals surface area contributed by atoms with Crippen molar-refractivity contribution in [2.45, 2.75) is 24.4 Å². The van der Waals surface area contributed by atoms with Crippen molar-refractivity contribution in [2.75, 3.05) is 0 Å². The third-order valence-corrected chi connectivity index (χ3v) is 6.66. The molecule has 0 heterocycles. The Morgan fingerprint density at radius 1 is 0.641 bits per heavy atom. The largest absolute Gasteiger partial charge is 0.416 e. The first kappa shape index (κ1) is 26.4. The van der Waals surface area contributed by atoms with Crippen LogP contribution in [0, 0.1) is 0 Å². The molecule has 0 saturated carbocycles. The van der Waals surface area contributed by atoms with Crippen molar-refractivity contribution >= 4 is 5.71 Å². The summed E-state index contributed by atoms with van der Waals surface area (Å²) in [6.07, 6.45) is -8.00. The fourth-order valence-corrected chi connectivity index (χ4v) is 4.78. The molecule has 1 aliphatic carbocycles. The summed E-state index contributed by atoms with van der Waals surface area (Å²) in [4.78, 5) is 4.57. The van der Waals surface area contributed by atoms with Gasteiger partial charge >= 0.3 is 12.4 Å². The van der Waals surface area contributed by atoms with Crippen molar-refractivity contribution in [3.05, 3.63) is 143 Å². The Labute approximate surface area is 220 Å². The van der Waals surface area contributed by atoms with Crippen LogP contribution in [-0.2, 0) is 12.4 Å². The minimum atomic E-state index is -4.65. The van der Waals surface area contributed by atoms with Gasteiger partial charge in [-0.25, -0.2) is 0 Å². The minimum Gasteiger partial charge on any atom is -0.387 e. The van der Waals surface area contributed by atoms with Crippen LogP contribution >= 0.6 is 0 Å². The molecule has 2 atom stereocenters. The second-order valence-electron chi connectivity index (χ2n) is 9.12. The summed E-state index contributed by atoms with van der Waals surface area (Å²) in [6, 6.07) is 24.4. The second-order valence-corrected chi connectivity index (χ2v) is 9.12. The molecule has 8 heteroatoms. The number of alkyl halides is 6. The Balaban J connectivity index is 1.63. The molecule has 0 saturated heterocycles. The maximum Gasteiger partial charge on any atom is 0.416 e. The molecule has 0 spiro atoms. The summed E-state index contributed by atoms with van der Waals surface area (Å²) >= 11 is 0. The van der Waals surface area contributed by atoms with Gasteiger partial charge in [0.25, 0.3) is 0 Å². The second kappa shape index (κ2) is 10.2. The first-order valence-electron chi connectivity index (χ1n) is 12.0. The van der Waals surface area contributed by atoms with Crippen molar-refractivity contribution in [3.63, 3.8) is 0 Å². The van der Waals surface area contributed by atoms with E-state index in [1.165, 1.54) is 24.4 Å². The molecular weight excluding hydrogens is 516 g/mol. The van der Waals surface area contributed by atoms with E-state index in [0.29, 0.717) is 11.3 Å². The number of rotatable bonds is 4. The summed E-state index contributed by atoms with van der Waals surface area (Å²) in [5.41, 5.74) is 1.01. The Hall–Kier alpha value is -4.17. The van der Waals surface area contributed by atoms with Crippen molar-refractivity contribution in [1.82, 2.24) is 0 Å². The van der Waals surface area contributed by atoms with Crippen LogP contribution < -0.4 is 0 Å². The van der Waals surface area contributed by atoms with Gasteiger partial charge in [-0.15, -0.1) is 0 Å². The summed E-state index contributed by atoms with van der Waals surface area (Å²) < 4.78 is 81.0. The molecule has 4 aromatic carbocycles. The summed E-state index contributed by atoms with van der Waals surface area (Å²) in [5, 5.41) is 11.2. The van der Waals surface area contributed by atoms with Gasteiger partial charge in [0.1, 0.15) is 0 Å². The van der Waals surface area contributed by atoms with Crippen LogP contribution in [-0.4, -0.2) is 10.8 Å². The van der Waals surface area contributed by atoms with Gasteiger partial charge in [0.2, 0.25) is 0 Å². The molecule has 2 nitrogen and oxygen atoms in total. The van der Waals surface area contributed by atoms with E-state index < -0.39 is 35.5 Å². The smallest absolute Gasteiger partial charge is 0.387 e. The van der Waals surface area contributed by atoms with Crippen LogP contribution in [0.25, 0.3) is 11.1 Å². The lowest BCUT2D eigenvalue weighted by atomic mass is 9.75. The molecule has 39 heavy (non-hydrogen) atoms. The molecule has 5 rings (SSSR count). The van der Waals surface area contributed by atoms with Crippen molar-refractivity contribution in [3.8, 4) is 11.1 Å². The average molecular weight is 538 g/mol. The summed E-state index contributed by atoms with van der Waals surface area (Å²) in [7, 11) is 0. The predicted octanol–water partition coefficient (Wildman–Crippen LogP) is 8.57. The molecular formula is C31H21F6NO. The van der Waals surface area contributed by atoms with Crippen molar-refractivity contribution in [1.29, 1.82) is 0 Å². The van der Waals surface area contributed by atoms with Crippen molar-refractivity contribution < 1.29 is 31.4 Å². The zero-order valence-electron chi connectivity index (χ0n) is 20.2. The molecule has 0 unspecified atom stereocenters. The molecule has 4 aromatic rings. The fraction of sp³-hybridized carbons (Fsp3) is 0.129. The number of benzene rings is 4. The number of nitrogens with zero attached hydrogens (tertiary/aromatic N) is 1. The SMILES string of the molecule is O[C@H]1c2cc(C(F)(F)F)ccc2-c2ccc(C(F)(F)F)cc2[C@@H]1/C=C/N=C(c1ccccc1)c1ccccc1. The van der Waals surface area contributed by atoms with E-state index in [-0.39, 0.29) is 16.7 Å². The first-order valence-corrected chi connectivity index (χ1v) is 12.0. The maximum absolute atomic E-state index is 13.6. The molecule has 0 radical (unpaired) electrons. The lowest BCUT2D eigenvalue weighted by molar-refractivity contribution is -0.138. The highest BCUT2D eigenvalue weighted by Gasteiger charge is 2.38. The van der Waals surface area contributed by atoms with Crippen LogP contribution in [0.2, 0.25) is 0 Å². The maximum atomic E-state index is 13.6. The molecule has 0 aromatic heterocycles. The summed E-state index contributed by atoms with van der Waals surface area (Å²) in [6.45, 7) is 0. The van der Waals surface area contributed by atoms with E-state index in [2.05, 4.69) is 4.99 Å². The van der Waals surface area contributed by atoms with Gasteiger partial charge in [-0.3, -0.25) is 4.99 Å². The minimum absolute atomic E-state index is 0.0120. The van der Waals surface area contributed by atoms with Gasteiger partial charge in [0.05, 0.1) is 22.9 Å². The Morgan fingerprint density at radius 2 is 1.10 bits per heavy atom. The highest BCUT2D eigenvalue weighted by atomic mass is 19.4. The fourth-order valence-electron chi connectivity index (χ4n) is 4.78. The number of aliphatic hydroxyl groups excluding tert-OH is 1. The lowest BCUT2D eigenvalue weighted by Crippen LogP contribution is -2.19. The number of aliphatic imine (C=N–C) groups is 1. The first-order chi connectivity index (χ1) is 18.5. The Bertz CT molecular complexity index is 1500. The monoisotopic (exact) mass is 537 g/mol. The van der Waals surface area contributed by atoms with Crippen LogP contribution in [0.3, 0.4) is 0 Å². The Kier molecular flexibility index (Phi) is 6.91. The van der Waals surface area contributed by atoms with E-state index in [1.807, 2.05) is 60.7 Å². The standard InChI is InChI=1S/C31H21F6NO/c32-30(33,34)21-11-13-23-24-14-12-22(31(35,36)37)18-27(24)29(39)25(26(23)17-21)15-16-38-28(19-7-3-1-4-8-19)20-9-5-2-6-10-20/h1-18,25,29,39H/b16-15+/t25-,29+/m0/s1. The average Bonchev–Trinajstić information content (AvgIpc) is 2.92. The third-order valence-electron chi connectivity index (χ3n) is 6.66. The van der Waals surface area contributed by atoms with Gasteiger partial charge in [-0.2, -0.15) is 26.3 Å². The van der Waals surface area contributed by atoms with Crippen LogP contribution in [0.15, 0.2) is 114 Å². The highest BCUT2D eigenvalue weighted by molar-refractivity contribution is 6.13.